The molecule has 1 aliphatic rings. The summed E-state index contributed by atoms with van der Waals surface area (Å²) in [4.78, 5) is 14.5. The van der Waals surface area contributed by atoms with Crippen molar-refractivity contribution >= 4 is 6.03 Å². The first-order valence-corrected chi connectivity index (χ1v) is 9.26. The van der Waals surface area contributed by atoms with Gasteiger partial charge in [-0.15, -0.1) is 0 Å². The second-order valence-corrected chi connectivity index (χ2v) is 6.64. The van der Waals surface area contributed by atoms with Gasteiger partial charge in [0.25, 0.3) is 0 Å². The number of urea groups is 1. The van der Waals surface area contributed by atoms with E-state index in [0.717, 1.165) is 24.4 Å². The van der Waals surface area contributed by atoms with Crippen LogP contribution in [0.1, 0.15) is 36.6 Å². The van der Waals surface area contributed by atoms with Crippen molar-refractivity contribution in [2.24, 2.45) is 0 Å². The number of furan rings is 1. The molecular weight excluding hydrogens is 333 g/mol. The summed E-state index contributed by atoms with van der Waals surface area (Å²) >= 11 is 0. The molecule has 0 radical (unpaired) electrons. The SMILES string of the molecule is O=C(NCCc1cccc(F)c1)NCC(c1ccco1)N1CCCCC1. The Balaban J connectivity index is 1.46. The monoisotopic (exact) mass is 359 g/mol. The fraction of sp³-hybridized carbons (Fsp3) is 0.450. The average Bonchev–Trinajstić information content (AvgIpc) is 3.17. The first-order valence-electron chi connectivity index (χ1n) is 9.26. The van der Waals surface area contributed by atoms with Gasteiger partial charge in [0.1, 0.15) is 11.6 Å². The maximum atomic E-state index is 13.2. The molecule has 1 atom stereocenters. The molecule has 0 aliphatic carbocycles. The number of piperidine rings is 1. The minimum Gasteiger partial charge on any atom is -0.468 e. The molecule has 1 aliphatic heterocycles. The Hall–Kier alpha value is -2.34. The molecule has 0 spiro atoms. The summed E-state index contributed by atoms with van der Waals surface area (Å²) in [5.41, 5.74) is 0.868. The van der Waals surface area contributed by atoms with E-state index in [0.29, 0.717) is 19.5 Å². The van der Waals surface area contributed by atoms with Gasteiger partial charge < -0.3 is 15.1 Å². The van der Waals surface area contributed by atoms with Gasteiger partial charge >= 0.3 is 6.03 Å². The molecule has 2 amide bonds. The molecule has 0 saturated carbocycles. The number of rotatable bonds is 7. The van der Waals surface area contributed by atoms with E-state index < -0.39 is 0 Å². The van der Waals surface area contributed by atoms with Gasteiger partial charge in [0.2, 0.25) is 0 Å². The van der Waals surface area contributed by atoms with Crippen LogP contribution in [0.15, 0.2) is 47.1 Å². The standard InChI is InChI=1S/C20H26FN3O2/c21-17-7-4-6-16(14-17)9-10-22-20(25)23-15-18(19-8-5-13-26-19)24-11-2-1-3-12-24/h4-8,13-14,18H,1-3,9-12,15H2,(H2,22,23,25). The largest absolute Gasteiger partial charge is 0.468 e. The lowest BCUT2D eigenvalue weighted by Crippen LogP contribution is -2.44. The van der Waals surface area contributed by atoms with Crippen LogP contribution in [-0.4, -0.2) is 37.1 Å². The fourth-order valence-corrected chi connectivity index (χ4v) is 3.39. The van der Waals surface area contributed by atoms with Crippen LogP contribution in [0, 0.1) is 5.82 Å². The summed E-state index contributed by atoms with van der Waals surface area (Å²) in [5.74, 6) is 0.627. The molecule has 1 unspecified atom stereocenters. The predicted octanol–water partition coefficient (Wildman–Crippen LogP) is 3.49. The van der Waals surface area contributed by atoms with E-state index in [9.17, 15) is 9.18 Å². The normalized spacial score (nSPS) is 16.2. The average molecular weight is 359 g/mol. The molecule has 1 aromatic carbocycles. The van der Waals surface area contributed by atoms with Crippen molar-refractivity contribution in [3.63, 3.8) is 0 Å². The van der Waals surface area contributed by atoms with Crippen LogP contribution in [0.2, 0.25) is 0 Å². The summed E-state index contributed by atoms with van der Waals surface area (Å²) in [5, 5.41) is 5.77. The number of benzene rings is 1. The number of nitrogens with zero attached hydrogens (tertiary/aromatic N) is 1. The highest BCUT2D eigenvalue weighted by Crippen LogP contribution is 2.24. The Morgan fingerprint density at radius 1 is 1.15 bits per heavy atom. The molecule has 26 heavy (non-hydrogen) atoms. The molecule has 0 bridgehead atoms. The Morgan fingerprint density at radius 3 is 2.73 bits per heavy atom. The van der Waals surface area contributed by atoms with E-state index in [2.05, 4.69) is 15.5 Å². The van der Waals surface area contributed by atoms with Crippen molar-refractivity contribution in [3.05, 3.63) is 59.8 Å². The van der Waals surface area contributed by atoms with Gasteiger partial charge in [0.15, 0.2) is 0 Å². The Bertz CT molecular complexity index is 684. The van der Waals surface area contributed by atoms with Crippen molar-refractivity contribution in [1.82, 2.24) is 15.5 Å². The number of carbonyl (C=O) groups excluding carboxylic acids is 1. The predicted molar refractivity (Wildman–Crippen MR) is 98.4 cm³/mol. The van der Waals surface area contributed by atoms with Crippen molar-refractivity contribution in [1.29, 1.82) is 0 Å². The van der Waals surface area contributed by atoms with Gasteiger partial charge in [-0.25, -0.2) is 9.18 Å². The number of halogens is 1. The van der Waals surface area contributed by atoms with E-state index in [4.69, 9.17) is 4.42 Å². The number of carbonyl (C=O) groups is 1. The van der Waals surface area contributed by atoms with Gasteiger partial charge in [-0.05, 0) is 62.2 Å². The van der Waals surface area contributed by atoms with Crippen LogP contribution >= 0.6 is 0 Å². The lowest BCUT2D eigenvalue weighted by molar-refractivity contribution is 0.143. The molecule has 1 saturated heterocycles. The quantitative estimate of drug-likeness (QED) is 0.796. The number of hydrogen-bond acceptors (Lipinski definition) is 3. The molecular formula is C20H26FN3O2. The third-order valence-electron chi connectivity index (χ3n) is 4.75. The molecule has 3 rings (SSSR count). The Morgan fingerprint density at radius 2 is 2.00 bits per heavy atom. The molecule has 1 fully saturated rings. The first kappa shape index (κ1) is 18.5. The molecule has 2 aromatic rings. The summed E-state index contributed by atoms with van der Waals surface area (Å²) in [6.45, 7) is 3.01. The van der Waals surface area contributed by atoms with E-state index in [1.807, 2.05) is 18.2 Å². The third-order valence-corrected chi connectivity index (χ3v) is 4.75. The Labute approximate surface area is 153 Å². The summed E-state index contributed by atoms with van der Waals surface area (Å²) in [6.07, 6.45) is 5.88. The summed E-state index contributed by atoms with van der Waals surface area (Å²) in [6, 6.07) is 10.1. The van der Waals surface area contributed by atoms with E-state index in [1.54, 1.807) is 12.3 Å². The highest BCUT2D eigenvalue weighted by atomic mass is 19.1. The van der Waals surface area contributed by atoms with Crippen molar-refractivity contribution in [2.75, 3.05) is 26.2 Å². The van der Waals surface area contributed by atoms with Crippen molar-refractivity contribution < 1.29 is 13.6 Å². The molecule has 1 aromatic heterocycles. The van der Waals surface area contributed by atoms with E-state index >= 15 is 0 Å². The molecule has 2 N–H and O–H groups in total. The van der Waals surface area contributed by atoms with Crippen molar-refractivity contribution in [3.8, 4) is 0 Å². The van der Waals surface area contributed by atoms with E-state index in [1.165, 1.54) is 31.4 Å². The number of likely N-dealkylation sites (tertiary alicyclic amines) is 1. The Kier molecular flexibility index (Phi) is 6.66. The van der Waals surface area contributed by atoms with Crippen LogP contribution in [0.25, 0.3) is 0 Å². The minimum absolute atomic E-state index is 0.0549. The summed E-state index contributed by atoms with van der Waals surface area (Å²) < 4.78 is 18.7. The van der Waals surface area contributed by atoms with Gasteiger partial charge in [0.05, 0.1) is 12.3 Å². The lowest BCUT2D eigenvalue weighted by atomic mass is 10.1. The van der Waals surface area contributed by atoms with Crippen LogP contribution < -0.4 is 10.6 Å². The zero-order valence-electron chi connectivity index (χ0n) is 14.9. The van der Waals surface area contributed by atoms with E-state index in [-0.39, 0.29) is 17.9 Å². The molecule has 5 nitrogen and oxygen atoms in total. The number of hydrogen-bond donors (Lipinski definition) is 2. The number of nitrogens with one attached hydrogen (secondary N) is 2. The highest BCUT2D eigenvalue weighted by molar-refractivity contribution is 5.73. The van der Waals surface area contributed by atoms with Crippen molar-refractivity contribution in [2.45, 2.75) is 31.7 Å². The van der Waals surface area contributed by atoms with Crippen LogP contribution in [0.3, 0.4) is 0 Å². The topological polar surface area (TPSA) is 57.5 Å². The van der Waals surface area contributed by atoms with Crippen LogP contribution in [0.5, 0.6) is 0 Å². The maximum Gasteiger partial charge on any atom is 0.314 e. The van der Waals surface area contributed by atoms with Crippen LogP contribution in [-0.2, 0) is 6.42 Å². The minimum atomic E-state index is -0.255. The zero-order chi connectivity index (χ0) is 18.2. The fourth-order valence-electron chi connectivity index (χ4n) is 3.39. The van der Waals surface area contributed by atoms with Gasteiger partial charge in [-0.1, -0.05) is 18.6 Å². The van der Waals surface area contributed by atoms with Gasteiger partial charge in [0, 0.05) is 13.1 Å². The zero-order valence-corrected chi connectivity index (χ0v) is 14.9. The maximum absolute atomic E-state index is 13.2. The van der Waals surface area contributed by atoms with Gasteiger partial charge in [-0.3, -0.25) is 4.90 Å². The number of amides is 2. The molecule has 140 valence electrons. The second-order valence-electron chi connectivity index (χ2n) is 6.64. The van der Waals surface area contributed by atoms with Gasteiger partial charge in [-0.2, -0.15) is 0 Å². The third kappa shape index (κ3) is 5.33. The summed E-state index contributed by atoms with van der Waals surface area (Å²) in [7, 11) is 0. The first-order chi connectivity index (χ1) is 12.7. The second kappa shape index (κ2) is 9.38. The lowest BCUT2D eigenvalue weighted by Gasteiger charge is -2.33. The molecule has 2 heterocycles. The van der Waals surface area contributed by atoms with Crippen LogP contribution in [0.4, 0.5) is 9.18 Å². The molecule has 6 heteroatoms. The smallest absolute Gasteiger partial charge is 0.314 e. The highest BCUT2D eigenvalue weighted by Gasteiger charge is 2.24.